The summed E-state index contributed by atoms with van der Waals surface area (Å²) in [4.78, 5) is 11.9. The molecule has 2 fully saturated rings. The maximum absolute atomic E-state index is 11.9. The molecule has 104 valence electrons. The molecule has 0 unspecified atom stereocenters. The van der Waals surface area contributed by atoms with Crippen molar-refractivity contribution in [3.05, 3.63) is 0 Å². The van der Waals surface area contributed by atoms with Gasteiger partial charge in [0.1, 0.15) is 5.88 Å². The largest absolute Gasteiger partial charge is 0.379 e. The van der Waals surface area contributed by atoms with E-state index in [9.17, 15) is 13.2 Å². The van der Waals surface area contributed by atoms with Gasteiger partial charge >= 0.3 is 0 Å². The Hall–Kier alpha value is -0.370. The van der Waals surface area contributed by atoms with Crippen LogP contribution in [0.4, 0.5) is 0 Å². The Morgan fingerprint density at radius 1 is 1.39 bits per heavy atom. The molecule has 0 radical (unpaired) electrons. The van der Waals surface area contributed by atoms with Crippen LogP contribution in [-0.2, 0) is 19.4 Å². The second-order valence-corrected chi connectivity index (χ2v) is 6.99. The number of alkyl halides is 1. The van der Waals surface area contributed by atoms with Gasteiger partial charge in [-0.3, -0.25) is 9.80 Å². The fourth-order valence-electron chi connectivity index (χ4n) is 2.39. The van der Waals surface area contributed by atoms with Crippen molar-refractivity contribution in [1.82, 2.24) is 10.0 Å². The van der Waals surface area contributed by atoms with Gasteiger partial charge in [-0.2, -0.15) is 0 Å². The maximum atomic E-state index is 11.9. The van der Waals surface area contributed by atoms with Crippen molar-refractivity contribution in [2.75, 3.05) is 43.7 Å². The lowest BCUT2D eigenvalue weighted by molar-refractivity contribution is -0.160. The van der Waals surface area contributed by atoms with Gasteiger partial charge in [0.2, 0.25) is 0 Å². The van der Waals surface area contributed by atoms with Crippen molar-refractivity contribution in [1.29, 1.82) is 0 Å². The smallest absolute Gasteiger partial charge is 0.252 e. The van der Waals surface area contributed by atoms with Gasteiger partial charge < -0.3 is 4.74 Å². The number of sulfone groups is 1. The topological polar surface area (TPSA) is 66.9 Å². The lowest BCUT2D eigenvalue weighted by atomic mass is 10.2. The van der Waals surface area contributed by atoms with Gasteiger partial charge in [-0.1, -0.05) is 0 Å². The predicted molar refractivity (Wildman–Crippen MR) is 67.0 cm³/mol. The SMILES string of the molecule is O=C(CCl)N([C@@H]1CCS(=O)(=O)C1)N1CCOCC1. The summed E-state index contributed by atoms with van der Waals surface area (Å²) in [6, 6.07) is -0.278. The number of hydrazine groups is 1. The van der Waals surface area contributed by atoms with Crippen molar-refractivity contribution in [2.24, 2.45) is 0 Å². The highest BCUT2D eigenvalue weighted by molar-refractivity contribution is 7.91. The van der Waals surface area contributed by atoms with E-state index in [1.165, 1.54) is 0 Å². The Morgan fingerprint density at radius 2 is 2.06 bits per heavy atom. The highest BCUT2D eigenvalue weighted by Gasteiger charge is 2.37. The molecule has 2 aliphatic rings. The summed E-state index contributed by atoms with van der Waals surface area (Å²) in [6.45, 7) is 2.29. The van der Waals surface area contributed by atoms with Crippen LogP contribution in [0, 0.1) is 0 Å². The summed E-state index contributed by atoms with van der Waals surface area (Å²) in [5, 5.41) is 3.40. The van der Waals surface area contributed by atoms with Gasteiger partial charge in [-0.25, -0.2) is 13.4 Å². The first-order chi connectivity index (χ1) is 8.53. The lowest BCUT2D eigenvalue weighted by Crippen LogP contribution is -2.56. The second kappa shape index (κ2) is 5.73. The number of carbonyl (C=O) groups is 1. The maximum Gasteiger partial charge on any atom is 0.252 e. The fourth-order valence-corrected chi connectivity index (χ4v) is 4.21. The van der Waals surface area contributed by atoms with Crippen LogP contribution in [-0.4, -0.2) is 74.1 Å². The van der Waals surface area contributed by atoms with Crippen molar-refractivity contribution >= 4 is 27.3 Å². The third-order valence-electron chi connectivity index (χ3n) is 3.22. The average molecular weight is 297 g/mol. The molecule has 2 rings (SSSR count). The Balaban J connectivity index is 2.12. The van der Waals surface area contributed by atoms with E-state index in [1.54, 1.807) is 5.01 Å². The molecule has 18 heavy (non-hydrogen) atoms. The number of carbonyl (C=O) groups excluding carboxylic acids is 1. The number of hydrogen-bond donors (Lipinski definition) is 0. The first-order valence-corrected chi connectivity index (χ1v) is 8.30. The Kier molecular flexibility index (Phi) is 4.47. The van der Waals surface area contributed by atoms with Gasteiger partial charge in [0.05, 0.1) is 30.8 Å². The minimum atomic E-state index is -3.02. The number of amides is 1. The third kappa shape index (κ3) is 3.14. The Morgan fingerprint density at radius 3 is 2.56 bits per heavy atom. The summed E-state index contributed by atoms with van der Waals surface area (Å²) >= 11 is 5.62. The quantitative estimate of drug-likeness (QED) is 0.656. The molecule has 1 amide bonds. The molecular weight excluding hydrogens is 280 g/mol. The fraction of sp³-hybridized carbons (Fsp3) is 0.900. The van der Waals surface area contributed by atoms with Crippen LogP contribution < -0.4 is 0 Å². The standard InChI is InChI=1S/C10H17ClN2O4S/c11-7-10(14)13(12-2-4-17-5-3-12)9-1-6-18(15,16)8-9/h9H,1-8H2/t9-/m1/s1. The Labute approximate surface area is 112 Å². The van der Waals surface area contributed by atoms with Crippen molar-refractivity contribution in [3.8, 4) is 0 Å². The number of halogens is 1. The molecule has 0 spiro atoms. The molecule has 0 saturated carbocycles. The monoisotopic (exact) mass is 296 g/mol. The predicted octanol–water partition coefficient (Wildman–Crippen LogP) is -0.512. The molecule has 0 aromatic carbocycles. The number of hydrogen-bond acceptors (Lipinski definition) is 5. The van der Waals surface area contributed by atoms with Gasteiger partial charge in [0.25, 0.3) is 5.91 Å². The molecule has 8 heteroatoms. The first-order valence-electron chi connectivity index (χ1n) is 5.94. The second-order valence-electron chi connectivity index (χ2n) is 4.49. The zero-order chi connectivity index (χ0) is 13.2. The summed E-state index contributed by atoms with van der Waals surface area (Å²) < 4.78 is 28.3. The van der Waals surface area contributed by atoms with Gasteiger partial charge in [-0.15, -0.1) is 11.6 Å². The van der Waals surface area contributed by atoms with E-state index < -0.39 is 9.84 Å². The minimum absolute atomic E-state index is 0.0347. The highest BCUT2D eigenvalue weighted by Crippen LogP contribution is 2.20. The number of ether oxygens (including phenoxy) is 1. The molecule has 2 saturated heterocycles. The number of morpholine rings is 1. The van der Waals surface area contributed by atoms with Crippen LogP contribution in [0.5, 0.6) is 0 Å². The Bertz CT molecular complexity index is 408. The van der Waals surface area contributed by atoms with E-state index in [1.807, 2.05) is 5.01 Å². The van der Waals surface area contributed by atoms with Gasteiger partial charge in [-0.05, 0) is 6.42 Å². The average Bonchev–Trinajstić information content (AvgIpc) is 2.71. The van der Waals surface area contributed by atoms with E-state index >= 15 is 0 Å². The highest BCUT2D eigenvalue weighted by atomic mass is 35.5. The summed E-state index contributed by atoms with van der Waals surface area (Å²) in [5.41, 5.74) is 0. The zero-order valence-electron chi connectivity index (χ0n) is 10.0. The summed E-state index contributed by atoms with van der Waals surface area (Å²) in [6.07, 6.45) is 0.488. The van der Waals surface area contributed by atoms with E-state index in [4.69, 9.17) is 16.3 Å². The van der Waals surface area contributed by atoms with Crippen LogP contribution in [0.1, 0.15) is 6.42 Å². The van der Waals surface area contributed by atoms with Crippen molar-refractivity contribution in [3.63, 3.8) is 0 Å². The van der Waals surface area contributed by atoms with Crippen LogP contribution in [0.25, 0.3) is 0 Å². The molecule has 0 aliphatic carbocycles. The number of nitrogens with zero attached hydrogens (tertiary/aromatic N) is 2. The molecule has 6 nitrogen and oxygen atoms in total. The molecule has 2 aliphatic heterocycles. The molecule has 2 heterocycles. The molecule has 0 aromatic heterocycles. The lowest BCUT2D eigenvalue weighted by Gasteiger charge is -2.40. The van der Waals surface area contributed by atoms with Crippen molar-refractivity contribution < 1.29 is 17.9 Å². The van der Waals surface area contributed by atoms with Crippen LogP contribution in [0.2, 0.25) is 0 Å². The molecule has 0 N–H and O–H groups in total. The molecule has 0 aromatic rings. The van der Waals surface area contributed by atoms with Crippen molar-refractivity contribution in [2.45, 2.75) is 12.5 Å². The molecule has 1 atom stereocenters. The molecular formula is C10H17ClN2O4S. The van der Waals surface area contributed by atoms with Crippen LogP contribution >= 0.6 is 11.6 Å². The normalized spacial score (nSPS) is 28.2. The summed E-state index contributed by atoms with van der Waals surface area (Å²) in [5.74, 6) is -0.185. The van der Waals surface area contributed by atoms with E-state index in [-0.39, 0.29) is 29.3 Å². The zero-order valence-corrected chi connectivity index (χ0v) is 11.6. The van der Waals surface area contributed by atoms with E-state index in [0.29, 0.717) is 32.7 Å². The summed E-state index contributed by atoms with van der Waals surface area (Å²) in [7, 11) is -3.02. The van der Waals surface area contributed by atoms with Crippen LogP contribution in [0.3, 0.4) is 0 Å². The van der Waals surface area contributed by atoms with E-state index in [2.05, 4.69) is 0 Å². The number of rotatable bonds is 3. The van der Waals surface area contributed by atoms with Crippen LogP contribution in [0.15, 0.2) is 0 Å². The van der Waals surface area contributed by atoms with Gasteiger partial charge in [0.15, 0.2) is 9.84 Å². The van der Waals surface area contributed by atoms with Gasteiger partial charge in [0, 0.05) is 13.1 Å². The third-order valence-corrected chi connectivity index (χ3v) is 5.20. The minimum Gasteiger partial charge on any atom is -0.379 e. The molecule has 0 bridgehead atoms. The first kappa shape index (κ1) is 14.0. The van der Waals surface area contributed by atoms with E-state index in [0.717, 1.165) is 0 Å².